The van der Waals surface area contributed by atoms with Crippen molar-refractivity contribution in [3.63, 3.8) is 0 Å². The van der Waals surface area contributed by atoms with Crippen LogP contribution in [0.15, 0.2) is 17.0 Å². The Morgan fingerprint density at radius 2 is 2.05 bits per heavy atom. The van der Waals surface area contributed by atoms with Crippen LogP contribution in [0.5, 0.6) is 0 Å². The van der Waals surface area contributed by atoms with Crippen molar-refractivity contribution in [1.29, 1.82) is 0 Å². The first-order valence-corrected chi connectivity index (χ1v) is 8.22. The molecule has 112 valence electrons. The van der Waals surface area contributed by atoms with Crippen LogP contribution in [0.1, 0.15) is 24.5 Å². The molecule has 0 aromatic heterocycles. The van der Waals surface area contributed by atoms with Crippen LogP contribution in [-0.2, 0) is 10.0 Å². The predicted octanol–water partition coefficient (Wildman–Crippen LogP) is 1.28. The standard InChI is InChI=1S/C14H22N2O3S/c1-9-6-13(7-14(15)10(9)2)20(18,19)16-5-4-12(8-16)11(3)17/h6-7,11-12,17H,4-5,8,15H2,1-3H3. The first kappa shape index (κ1) is 15.3. The molecular weight excluding hydrogens is 276 g/mol. The van der Waals surface area contributed by atoms with Gasteiger partial charge in [0.05, 0.1) is 11.0 Å². The Morgan fingerprint density at radius 1 is 1.40 bits per heavy atom. The van der Waals surface area contributed by atoms with E-state index in [-0.39, 0.29) is 10.8 Å². The molecule has 1 fully saturated rings. The van der Waals surface area contributed by atoms with Crippen molar-refractivity contribution >= 4 is 15.7 Å². The van der Waals surface area contributed by atoms with Gasteiger partial charge in [-0.15, -0.1) is 0 Å². The molecule has 0 amide bonds. The highest BCUT2D eigenvalue weighted by molar-refractivity contribution is 7.89. The van der Waals surface area contributed by atoms with E-state index >= 15 is 0 Å². The van der Waals surface area contributed by atoms with E-state index < -0.39 is 16.1 Å². The van der Waals surface area contributed by atoms with Crippen LogP contribution < -0.4 is 5.73 Å². The number of benzene rings is 1. The minimum atomic E-state index is -3.52. The fourth-order valence-electron chi connectivity index (χ4n) is 2.52. The summed E-state index contributed by atoms with van der Waals surface area (Å²) in [5, 5.41) is 9.59. The molecule has 0 spiro atoms. The average Bonchev–Trinajstić information content (AvgIpc) is 2.85. The van der Waals surface area contributed by atoms with Crippen molar-refractivity contribution in [3.8, 4) is 0 Å². The number of nitrogen functional groups attached to an aromatic ring is 1. The van der Waals surface area contributed by atoms with Gasteiger partial charge in [0.1, 0.15) is 0 Å². The van der Waals surface area contributed by atoms with Crippen molar-refractivity contribution < 1.29 is 13.5 Å². The molecule has 20 heavy (non-hydrogen) atoms. The van der Waals surface area contributed by atoms with Crippen LogP contribution in [-0.4, -0.2) is 37.0 Å². The third-order valence-corrected chi connectivity index (χ3v) is 6.03. The van der Waals surface area contributed by atoms with Gasteiger partial charge >= 0.3 is 0 Å². The lowest BCUT2D eigenvalue weighted by Crippen LogP contribution is -2.30. The summed E-state index contributed by atoms with van der Waals surface area (Å²) in [5.74, 6) is 0.00803. The van der Waals surface area contributed by atoms with E-state index in [9.17, 15) is 13.5 Å². The fraction of sp³-hybridized carbons (Fsp3) is 0.571. The Hall–Kier alpha value is -1.11. The van der Waals surface area contributed by atoms with E-state index in [1.54, 1.807) is 13.0 Å². The Labute approximate surface area is 120 Å². The van der Waals surface area contributed by atoms with Crippen molar-refractivity contribution in [2.24, 2.45) is 5.92 Å². The first-order valence-electron chi connectivity index (χ1n) is 6.78. The normalized spacial score (nSPS) is 22.1. The number of rotatable bonds is 3. The summed E-state index contributed by atoms with van der Waals surface area (Å²) < 4.78 is 26.7. The molecule has 1 saturated heterocycles. The van der Waals surface area contributed by atoms with Crippen molar-refractivity contribution in [2.45, 2.75) is 38.2 Å². The largest absolute Gasteiger partial charge is 0.398 e. The van der Waals surface area contributed by atoms with Gasteiger partial charge in [-0.1, -0.05) is 0 Å². The van der Waals surface area contributed by atoms with Crippen LogP contribution in [0, 0.1) is 19.8 Å². The Kier molecular flexibility index (Phi) is 4.09. The van der Waals surface area contributed by atoms with Gasteiger partial charge in [0.15, 0.2) is 0 Å². The SMILES string of the molecule is Cc1cc(S(=O)(=O)N2CCC(C(C)O)C2)cc(N)c1C. The van der Waals surface area contributed by atoms with E-state index in [4.69, 9.17) is 5.73 Å². The number of anilines is 1. The molecule has 2 rings (SSSR count). The highest BCUT2D eigenvalue weighted by Gasteiger charge is 2.34. The zero-order chi connectivity index (χ0) is 15.1. The first-order chi connectivity index (χ1) is 9.23. The van der Waals surface area contributed by atoms with Crippen LogP contribution in [0.4, 0.5) is 5.69 Å². The highest BCUT2D eigenvalue weighted by Crippen LogP contribution is 2.29. The molecule has 0 saturated carbocycles. The van der Waals surface area contributed by atoms with Gasteiger partial charge in [0, 0.05) is 18.8 Å². The third-order valence-electron chi connectivity index (χ3n) is 4.19. The molecule has 3 N–H and O–H groups in total. The molecule has 5 nitrogen and oxygen atoms in total. The van der Waals surface area contributed by atoms with Gasteiger partial charge in [-0.05, 0) is 56.4 Å². The lowest BCUT2D eigenvalue weighted by molar-refractivity contribution is 0.133. The summed E-state index contributed by atoms with van der Waals surface area (Å²) in [6.45, 7) is 6.25. The van der Waals surface area contributed by atoms with Crippen LogP contribution in [0.25, 0.3) is 0 Å². The number of aliphatic hydroxyl groups is 1. The molecule has 1 aromatic carbocycles. The Bertz CT molecular complexity index is 588. The summed E-state index contributed by atoms with van der Waals surface area (Å²) in [6, 6.07) is 3.18. The number of sulfonamides is 1. The van der Waals surface area contributed by atoms with Crippen molar-refractivity contribution in [2.75, 3.05) is 18.8 Å². The molecule has 2 unspecified atom stereocenters. The second kappa shape index (κ2) is 5.35. The molecule has 1 aliphatic heterocycles. The smallest absolute Gasteiger partial charge is 0.243 e. The number of nitrogens with zero attached hydrogens (tertiary/aromatic N) is 1. The highest BCUT2D eigenvalue weighted by atomic mass is 32.2. The summed E-state index contributed by atoms with van der Waals surface area (Å²) >= 11 is 0. The van der Waals surface area contributed by atoms with Crippen LogP contribution in [0.2, 0.25) is 0 Å². The van der Waals surface area contributed by atoms with Gasteiger partial charge in [0.25, 0.3) is 0 Å². The maximum atomic E-state index is 12.6. The molecule has 1 heterocycles. The Morgan fingerprint density at radius 3 is 2.55 bits per heavy atom. The zero-order valence-electron chi connectivity index (χ0n) is 12.1. The quantitative estimate of drug-likeness (QED) is 0.823. The predicted molar refractivity (Wildman–Crippen MR) is 78.9 cm³/mol. The summed E-state index contributed by atoms with van der Waals surface area (Å²) in [6.07, 6.45) is 0.206. The minimum absolute atomic E-state index is 0.00803. The molecular formula is C14H22N2O3S. The second-order valence-corrected chi connectivity index (χ2v) is 7.54. The molecule has 2 atom stereocenters. The lowest BCUT2D eigenvalue weighted by Gasteiger charge is -2.19. The number of nitrogens with two attached hydrogens (primary N) is 1. The fourth-order valence-corrected chi connectivity index (χ4v) is 4.15. The summed E-state index contributed by atoms with van der Waals surface area (Å²) in [5.41, 5.74) is 8.14. The Balaban J connectivity index is 2.32. The number of hydrogen-bond acceptors (Lipinski definition) is 4. The molecule has 0 aliphatic carbocycles. The summed E-state index contributed by atoms with van der Waals surface area (Å²) in [7, 11) is -3.52. The van der Waals surface area contributed by atoms with Gasteiger partial charge in [-0.25, -0.2) is 8.42 Å². The van der Waals surface area contributed by atoms with Gasteiger partial charge in [-0.2, -0.15) is 4.31 Å². The molecule has 6 heteroatoms. The van der Waals surface area contributed by atoms with Crippen molar-refractivity contribution in [3.05, 3.63) is 23.3 Å². The number of aliphatic hydroxyl groups excluding tert-OH is 1. The lowest BCUT2D eigenvalue weighted by atomic mass is 10.0. The van der Waals surface area contributed by atoms with Gasteiger partial charge < -0.3 is 10.8 Å². The van der Waals surface area contributed by atoms with Gasteiger partial charge in [0.2, 0.25) is 10.0 Å². The monoisotopic (exact) mass is 298 g/mol. The van der Waals surface area contributed by atoms with Crippen LogP contribution in [0.3, 0.4) is 0 Å². The van der Waals surface area contributed by atoms with Crippen molar-refractivity contribution in [1.82, 2.24) is 4.31 Å². The maximum Gasteiger partial charge on any atom is 0.243 e. The summed E-state index contributed by atoms with van der Waals surface area (Å²) in [4.78, 5) is 0.240. The topological polar surface area (TPSA) is 83.6 Å². The molecule has 1 aliphatic rings. The zero-order valence-corrected chi connectivity index (χ0v) is 12.9. The van der Waals surface area contributed by atoms with E-state index in [0.29, 0.717) is 25.2 Å². The number of hydrogen-bond donors (Lipinski definition) is 2. The van der Waals surface area contributed by atoms with E-state index in [1.165, 1.54) is 10.4 Å². The third kappa shape index (κ3) is 2.68. The van der Waals surface area contributed by atoms with E-state index in [0.717, 1.165) is 11.1 Å². The second-order valence-electron chi connectivity index (χ2n) is 5.61. The maximum absolute atomic E-state index is 12.6. The molecule has 0 radical (unpaired) electrons. The minimum Gasteiger partial charge on any atom is -0.398 e. The van der Waals surface area contributed by atoms with Crippen LogP contribution >= 0.6 is 0 Å². The average molecular weight is 298 g/mol. The van der Waals surface area contributed by atoms with E-state index in [2.05, 4.69) is 0 Å². The van der Waals surface area contributed by atoms with Gasteiger partial charge in [-0.3, -0.25) is 0 Å². The molecule has 1 aromatic rings. The number of aryl methyl sites for hydroxylation is 1. The van der Waals surface area contributed by atoms with E-state index in [1.807, 2.05) is 13.8 Å². The molecule has 0 bridgehead atoms.